The van der Waals surface area contributed by atoms with Crippen LogP contribution in [0.25, 0.3) is 0 Å². The quantitative estimate of drug-likeness (QED) is 0.564. The summed E-state index contributed by atoms with van der Waals surface area (Å²) in [6.45, 7) is 14.7. The lowest BCUT2D eigenvalue weighted by molar-refractivity contribution is -0.300. The fourth-order valence-electron chi connectivity index (χ4n) is 2.65. The van der Waals surface area contributed by atoms with Gasteiger partial charge in [-0.05, 0) is 29.2 Å². The van der Waals surface area contributed by atoms with Gasteiger partial charge < -0.3 is 24.5 Å². The molecule has 0 aromatic rings. The number of hydrogen-bond donors (Lipinski definition) is 0. The predicted molar refractivity (Wildman–Crippen MR) is 85.1 cm³/mol. The minimum absolute atomic E-state index is 0.0786. The lowest BCUT2D eigenvalue weighted by Gasteiger charge is -2.40. The molecule has 23 heavy (non-hydrogen) atoms. The maximum Gasteiger partial charge on any atom is 0.0739 e. The second-order valence-electron chi connectivity index (χ2n) is 7.00. The van der Waals surface area contributed by atoms with Gasteiger partial charge in [0, 0.05) is 5.57 Å². The van der Waals surface area contributed by atoms with Crippen molar-refractivity contribution in [1.82, 2.24) is 0 Å². The molecule has 0 spiro atoms. The molecule has 132 valence electrons. The van der Waals surface area contributed by atoms with Crippen LogP contribution in [0.15, 0.2) is 23.3 Å². The van der Waals surface area contributed by atoms with Crippen LogP contribution in [0, 0.1) is 10.8 Å². The summed E-state index contributed by atoms with van der Waals surface area (Å²) < 4.78 is 5.24. The number of carbonyl (C=O) groups excluding carboxylic acids is 2. The number of hydrogen-bond acceptors (Lipinski definition) is 5. The van der Waals surface area contributed by atoms with Gasteiger partial charge in [0.05, 0.1) is 25.2 Å². The zero-order valence-electron chi connectivity index (χ0n) is 15.1. The Hall–Kier alpha value is -1.62. The Morgan fingerprint density at radius 2 is 1.35 bits per heavy atom. The van der Waals surface area contributed by atoms with E-state index in [1.165, 1.54) is 0 Å². The average molecular weight is 324 g/mol. The first-order valence-electron chi connectivity index (χ1n) is 7.83. The number of carbonyl (C=O) groups is 2. The first-order chi connectivity index (χ1) is 10.4. The van der Waals surface area contributed by atoms with Crippen molar-refractivity contribution in [2.24, 2.45) is 10.8 Å². The highest BCUT2D eigenvalue weighted by molar-refractivity contribution is 5.87. The third kappa shape index (κ3) is 5.82. The first-order valence-corrected chi connectivity index (χ1v) is 7.83. The molecule has 0 heterocycles. The van der Waals surface area contributed by atoms with E-state index in [1.807, 2.05) is 41.5 Å². The van der Waals surface area contributed by atoms with E-state index in [1.54, 1.807) is 0 Å². The van der Waals surface area contributed by atoms with Gasteiger partial charge in [-0.15, -0.1) is 0 Å². The highest BCUT2D eigenvalue weighted by Crippen LogP contribution is 2.45. The molecule has 5 nitrogen and oxygen atoms in total. The molecule has 0 bridgehead atoms. The summed E-state index contributed by atoms with van der Waals surface area (Å²) in [5.74, 6) is -2.70. The normalized spacial score (nSPS) is 11.9. The van der Waals surface area contributed by atoms with E-state index in [9.17, 15) is 19.8 Å². The zero-order chi connectivity index (χ0) is 18.4. The molecule has 0 saturated heterocycles. The standard InChI is InChI=1S/C18H30O5/c1-8-17(4,5)14(18(6,7)9-2)13(16(21)22)11-23-10-12(3)15(19)20/h3,8-11H2,1-2,4-7H3,(H,19,20)(H,21,22)/p-2. The molecule has 0 saturated carbocycles. The van der Waals surface area contributed by atoms with Gasteiger partial charge in [-0.2, -0.15) is 0 Å². The molecule has 0 rings (SSSR count). The van der Waals surface area contributed by atoms with Crippen molar-refractivity contribution < 1.29 is 24.5 Å². The topological polar surface area (TPSA) is 89.5 Å². The number of carboxylic acid groups (broad SMARTS) is 2. The third-order valence-electron chi connectivity index (χ3n) is 4.48. The van der Waals surface area contributed by atoms with Gasteiger partial charge >= 0.3 is 0 Å². The van der Waals surface area contributed by atoms with Gasteiger partial charge in [0.15, 0.2) is 0 Å². The first kappa shape index (κ1) is 21.4. The summed E-state index contributed by atoms with van der Waals surface area (Å²) in [6, 6.07) is 0. The largest absolute Gasteiger partial charge is 0.545 e. The molecule has 0 N–H and O–H groups in total. The molecule has 0 amide bonds. The van der Waals surface area contributed by atoms with Gasteiger partial charge in [-0.3, -0.25) is 0 Å². The third-order valence-corrected chi connectivity index (χ3v) is 4.48. The summed E-state index contributed by atoms with van der Waals surface area (Å²) >= 11 is 0. The number of aliphatic carboxylic acids is 2. The van der Waals surface area contributed by atoms with Crippen LogP contribution >= 0.6 is 0 Å². The van der Waals surface area contributed by atoms with Crippen LogP contribution in [0.3, 0.4) is 0 Å². The van der Waals surface area contributed by atoms with Crippen LogP contribution in [0.5, 0.6) is 0 Å². The lowest BCUT2D eigenvalue weighted by Crippen LogP contribution is -2.36. The van der Waals surface area contributed by atoms with E-state index in [-0.39, 0.29) is 35.2 Å². The summed E-state index contributed by atoms with van der Waals surface area (Å²) in [6.07, 6.45) is 1.52. The highest BCUT2D eigenvalue weighted by Gasteiger charge is 2.35. The van der Waals surface area contributed by atoms with Crippen molar-refractivity contribution in [2.75, 3.05) is 13.2 Å². The van der Waals surface area contributed by atoms with Gasteiger partial charge in [0.1, 0.15) is 0 Å². The molecule has 5 heteroatoms. The Bertz CT molecular complexity index is 480. The monoisotopic (exact) mass is 324 g/mol. The average Bonchev–Trinajstić information content (AvgIpc) is 2.45. The summed E-state index contributed by atoms with van der Waals surface area (Å²) in [7, 11) is 0. The van der Waals surface area contributed by atoms with E-state index < -0.39 is 11.9 Å². The SMILES string of the molecule is C=C(COCC(C(=O)[O-])=C(C(C)(C)CC)C(C)(C)CC)C(=O)[O-]. The van der Waals surface area contributed by atoms with Gasteiger partial charge in [-0.1, -0.05) is 53.7 Å². The van der Waals surface area contributed by atoms with Crippen molar-refractivity contribution in [3.8, 4) is 0 Å². The molecular weight excluding hydrogens is 296 g/mol. The summed E-state index contributed by atoms with van der Waals surface area (Å²) in [4.78, 5) is 22.3. The maximum absolute atomic E-state index is 11.7. The lowest BCUT2D eigenvalue weighted by atomic mass is 9.65. The van der Waals surface area contributed by atoms with Crippen molar-refractivity contribution in [3.63, 3.8) is 0 Å². The molecule has 0 fully saturated rings. The van der Waals surface area contributed by atoms with Gasteiger partial charge in [0.2, 0.25) is 0 Å². The highest BCUT2D eigenvalue weighted by atomic mass is 16.5. The molecule has 0 aromatic heterocycles. The van der Waals surface area contributed by atoms with Crippen molar-refractivity contribution >= 4 is 11.9 Å². The minimum atomic E-state index is -1.41. The van der Waals surface area contributed by atoms with Crippen molar-refractivity contribution in [1.29, 1.82) is 0 Å². The number of rotatable bonds is 10. The minimum Gasteiger partial charge on any atom is -0.545 e. The maximum atomic E-state index is 11.7. The molecule has 0 aliphatic rings. The molecule has 0 unspecified atom stereocenters. The van der Waals surface area contributed by atoms with E-state index in [2.05, 4.69) is 6.58 Å². The molecule has 0 atom stereocenters. The van der Waals surface area contributed by atoms with Crippen molar-refractivity contribution in [3.05, 3.63) is 23.3 Å². The van der Waals surface area contributed by atoms with E-state index in [0.29, 0.717) is 0 Å². The van der Waals surface area contributed by atoms with Crippen LogP contribution in [0.4, 0.5) is 0 Å². The van der Waals surface area contributed by atoms with Gasteiger partial charge in [0.25, 0.3) is 0 Å². The number of ether oxygens (including phenoxy) is 1. The molecule has 0 aliphatic carbocycles. The summed E-state index contributed by atoms with van der Waals surface area (Å²) in [5.41, 5.74) is -0.0644. The summed E-state index contributed by atoms with van der Waals surface area (Å²) in [5, 5.41) is 22.3. The van der Waals surface area contributed by atoms with Crippen LogP contribution in [-0.2, 0) is 14.3 Å². The number of allylic oxidation sites excluding steroid dienone is 1. The van der Waals surface area contributed by atoms with Crippen LogP contribution in [0.2, 0.25) is 0 Å². The predicted octanol–water partition coefficient (Wildman–Crippen LogP) is 1.23. The second-order valence-corrected chi connectivity index (χ2v) is 7.00. The van der Waals surface area contributed by atoms with E-state index >= 15 is 0 Å². The molecule has 0 radical (unpaired) electrons. The van der Waals surface area contributed by atoms with Crippen LogP contribution < -0.4 is 10.2 Å². The van der Waals surface area contributed by atoms with Crippen LogP contribution in [-0.4, -0.2) is 25.2 Å². The molecular formula is C18H28O5-2. The molecule has 0 aromatic carbocycles. The smallest absolute Gasteiger partial charge is 0.0739 e. The van der Waals surface area contributed by atoms with Crippen LogP contribution in [0.1, 0.15) is 54.4 Å². The fraction of sp³-hybridized carbons (Fsp3) is 0.667. The van der Waals surface area contributed by atoms with Crippen molar-refractivity contribution in [2.45, 2.75) is 54.4 Å². The fourth-order valence-corrected chi connectivity index (χ4v) is 2.65. The Balaban J connectivity index is 5.74. The second kappa shape index (κ2) is 8.29. The Morgan fingerprint density at radius 1 is 0.913 bits per heavy atom. The Labute approximate surface area is 139 Å². The number of carboxylic acids is 2. The zero-order valence-corrected chi connectivity index (χ0v) is 15.1. The Kier molecular flexibility index (Phi) is 7.71. The van der Waals surface area contributed by atoms with E-state index in [4.69, 9.17) is 4.74 Å². The van der Waals surface area contributed by atoms with E-state index in [0.717, 1.165) is 18.4 Å². The van der Waals surface area contributed by atoms with Gasteiger partial charge in [-0.25, -0.2) is 0 Å². The molecule has 0 aliphatic heterocycles. The Morgan fingerprint density at radius 3 is 1.65 bits per heavy atom.